The van der Waals surface area contributed by atoms with Gasteiger partial charge >= 0.3 is 12.0 Å². The smallest absolute Gasteiger partial charge is 0.326 e. The van der Waals surface area contributed by atoms with E-state index in [-0.39, 0.29) is 6.73 Å². The highest BCUT2D eigenvalue weighted by Gasteiger charge is 2.28. The molecule has 5 rings (SSSR count). The largest absolute Gasteiger partial charge is 0.480 e. The molecule has 14 heteroatoms. The quantitative estimate of drug-likeness (QED) is 0.100. The molecule has 3 aromatic carbocycles. The number of hydrogen-bond acceptors (Lipinski definition) is 10. The lowest BCUT2D eigenvalue weighted by atomic mass is 10.1. The summed E-state index contributed by atoms with van der Waals surface area (Å²) >= 11 is 0. The Balaban J connectivity index is 0.000000344. The Morgan fingerprint density at radius 1 is 1.00 bits per heavy atom. The highest BCUT2D eigenvalue weighted by atomic mass is 16.5. The van der Waals surface area contributed by atoms with Crippen molar-refractivity contribution in [2.24, 2.45) is 0 Å². The van der Waals surface area contributed by atoms with Crippen molar-refractivity contribution in [2.45, 2.75) is 65.0 Å². The number of aliphatic hydroxyl groups is 2. The first-order valence-electron chi connectivity index (χ1n) is 16.0. The Morgan fingerprint density at radius 3 is 2.47 bits per heavy atom. The lowest BCUT2D eigenvalue weighted by Gasteiger charge is -2.23. The predicted molar refractivity (Wildman–Crippen MR) is 186 cm³/mol. The number of urea groups is 1. The van der Waals surface area contributed by atoms with Gasteiger partial charge in [0.15, 0.2) is 17.9 Å². The second-order valence-electron chi connectivity index (χ2n) is 11.5. The number of amides is 3. The Morgan fingerprint density at radius 2 is 1.78 bits per heavy atom. The summed E-state index contributed by atoms with van der Waals surface area (Å²) in [7, 11) is 0. The number of aliphatic hydroxyl groups excluding tert-OH is 1. The van der Waals surface area contributed by atoms with E-state index in [1.807, 2.05) is 68.4 Å². The number of rotatable bonds is 13. The normalized spacial score (nSPS) is 13.1. The third-order valence-electron chi connectivity index (χ3n) is 7.70. The highest BCUT2D eigenvalue weighted by molar-refractivity contribution is 5.94. The molecule has 1 aliphatic rings. The molecule has 0 saturated heterocycles. The molecule has 1 aliphatic heterocycles. The average molecular weight is 674 g/mol. The molecular formula is C35H43N7O7. The molecule has 4 aromatic rings. The van der Waals surface area contributed by atoms with Crippen molar-refractivity contribution >= 4 is 46.0 Å². The second-order valence-corrected chi connectivity index (χ2v) is 11.5. The molecule has 0 aliphatic carbocycles. The van der Waals surface area contributed by atoms with Gasteiger partial charge in [0.25, 0.3) is 0 Å². The van der Waals surface area contributed by atoms with Crippen LogP contribution in [0.5, 0.6) is 0 Å². The summed E-state index contributed by atoms with van der Waals surface area (Å²) in [5.41, 5.74) is 3.16. The monoisotopic (exact) mass is 673 g/mol. The zero-order chi connectivity index (χ0) is 35.3. The fourth-order valence-corrected chi connectivity index (χ4v) is 5.12. The number of aryl methyl sites for hydroxylation is 1. The van der Waals surface area contributed by atoms with E-state index in [1.54, 1.807) is 24.0 Å². The molecule has 3 amide bonds. The van der Waals surface area contributed by atoms with E-state index in [4.69, 9.17) is 14.9 Å². The number of anilines is 3. The van der Waals surface area contributed by atoms with Gasteiger partial charge in [-0.15, -0.1) is 0 Å². The van der Waals surface area contributed by atoms with Crippen LogP contribution in [0.4, 0.5) is 22.1 Å². The van der Waals surface area contributed by atoms with Crippen molar-refractivity contribution in [3.8, 4) is 0 Å². The van der Waals surface area contributed by atoms with Crippen LogP contribution in [0.1, 0.15) is 56.1 Å². The van der Waals surface area contributed by atoms with Crippen LogP contribution in [0, 0.1) is 6.92 Å². The summed E-state index contributed by atoms with van der Waals surface area (Å²) in [6, 6.07) is 19.7. The number of aliphatic carboxylic acids is 1. The first-order valence-corrected chi connectivity index (χ1v) is 16.0. The number of benzene rings is 3. The van der Waals surface area contributed by atoms with Crippen LogP contribution in [0.15, 0.2) is 73.1 Å². The molecule has 0 radical (unpaired) electrons. The van der Waals surface area contributed by atoms with Crippen molar-refractivity contribution in [1.29, 1.82) is 0 Å². The number of nitrogens with one attached hydrogen (secondary N) is 4. The van der Waals surface area contributed by atoms with Gasteiger partial charge in [0.2, 0.25) is 5.91 Å². The molecule has 2 heterocycles. The minimum atomic E-state index is -1.38. The third-order valence-corrected chi connectivity index (χ3v) is 7.70. The third kappa shape index (κ3) is 10.3. The topological polar surface area (TPSA) is 198 Å². The number of hydrogen-bond donors (Lipinski definition) is 7. The molecule has 14 nitrogen and oxygen atoms in total. The predicted octanol–water partition coefficient (Wildman–Crippen LogP) is 4.24. The van der Waals surface area contributed by atoms with E-state index in [0.29, 0.717) is 55.4 Å². The maximum atomic E-state index is 12.6. The molecule has 7 N–H and O–H groups in total. The standard InChI is InChI=1S/C24H33N7O5.C11H10O2/c1-4-7-17(23(33)34)29-22(32)18(5-2)36-14-31-13-28-19-20(26-12-27-21(19)31)30-24(35)25-11-16-9-6-8-15(3)10-16;12-11(13)10-6-5-8-3-1-2-4-9(8)7-10/h6,8-10,12,17-18,28H,4-5,7,11,13-14H2,1-3H3,(H,29,32)(H,33,34)(H2,25,26,27,30,35);1-7,11-13H. The fraction of sp³-hybridized carbons (Fsp3) is 0.343. The van der Waals surface area contributed by atoms with Crippen molar-refractivity contribution in [3.05, 3.63) is 89.7 Å². The number of carboxylic acids is 1. The van der Waals surface area contributed by atoms with Gasteiger partial charge in [-0.05, 0) is 42.2 Å². The van der Waals surface area contributed by atoms with Crippen LogP contribution in [0.25, 0.3) is 10.8 Å². The SMILES string of the molecule is CCCC(NC(=O)C(CC)OCN1CNc2c(NC(=O)NCc3cccc(C)c3)ncnc21)C(=O)O.OC(O)c1ccc2ccccc2c1. The van der Waals surface area contributed by atoms with E-state index in [2.05, 4.69) is 31.2 Å². The minimum absolute atomic E-state index is 0.0352. The van der Waals surface area contributed by atoms with Crippen molar-refractivity contribution in [3.63, 3.8) is 0 Å². The van der Waals surface area contributed by atoms with E-state index >= 15 is 0 Å². The van der Waals surface area contributed by atoms with Crippen LogP contribution in [0.2, 0.25) is 0 Å². The summed E-state index contributed by atoms with van der Waals surface area (Å²) in [5.74, 6) is -0.708. The highest BCUT2D eigenvalue weighted by Crippen LogP contribution is 2.34. The molecule has 2 unspecified atom stereocenters. The molecule has 1 aromatic heterocycles. The van der Waals surface area contributed by atoms with Crippen LogP contribution in [-0.4, -0.2) is 68.7 Å². The summed E-state index contributed by atoms with van der Waals surface area (Å²) in [5, 5.41) is 40.5. The number of carbonyl (C=O) groups excluding carboxylic acids is 2. The Hall–Kier alpha value is -5.31. The molecule has 2 atom stereocenters. The molecule has 260 valence electrons. The number of carboxylic acid groups (broad SMARTS) is 1. The van der Waals surface area contributed by atoms with E-state index in [0.717, 1.165) is 21.9 Å². The van der Waals surface area contributed by atoms with Gasteiger partial charge in [-0.25, -0.2) is 19.6 Å². The van der Waals surface area contributed by atoms with Crippen molar-refractivity contribution in [1.82, 2.24) is 20.6 Å². The lowest BCUT2D eigenvalue weighted by molar-refractivity contribution is -0.144. The summed E-state index contributed by atoms with van der Waals surface area (Å²) in [6.45, 7) is 6.37. The van der Waals surface area contributed by atoms with Gasteiger partial charge in [0.05, 0.1) is 6.67 Å². The number of carbonyl (C=O) groups is 3. The van der Waals surface area contributed by atoms with E-state index in [1.165, 1.54) is 6.33 Å². The summed E-state index contributed by atoms with van der Waals surface area (Å²) in [6.07, 6.45) is 0.471. The second kappa shape index (κ2) is 17.7. The number of ether oxygens (including phenoxy) is 1. The maximum Gasteiger partial charge on any atom is 0.326 e. The van der Waals surface area contributed by atoms with Gasteiger partial charge in [0, 0.05) is 12.1 Å². The summed E-state index contributed by atoms with van der Waals surface area (Å²) in [4.78, 5) is 46.5. The number of nitrogens with zero attached hydrogens (tertiary/aromatic N) is 3. The van der Waals surface area contributed by atoms with E-state index < -0.39 is 36.3 Å². The Labute approximate surface area is 284 Å². The zero-order valence-electron chi connectivity index (χ0n) is 27.7. The van der Waals surface area contributed by atoms with Gasteiger partial charge < -0.3 is 40.9 Å². The molecule has 0 bridgehead atoms. The Bertz CT molecular complexity index is 1740. The van der Waals surface area contributed by atoms with Crippen LogP contribution < -0.4 is 26.2 Å². The van der Waals surface area contributed by atoms with Gasteiger partial charge in [-0.2, -0.15) is 0 Å². The van der Waals surface area contributed by atoms with Gasteiger partial charge in [-0.1, -0.05) is 86.5 Å². The van der Waals surface area contributed by atoms with Crippen molar-refractivity contribution in [2.75, 3.05) is 28.9 Å². The fourth-order valence-electron chi connectivity index (χ4n) is 5.12. The first kappa shape index (κ1) is 36.5. The van der Waals surface area contributed by atoms with Gasteiger partial charge in [0.1, 0.15) is 30.9 Å². The minimum Gasteiger partial charge on any atom is -0.480 e. The average Bonchev–Trinajstić information content (AvgIpc) is 3.51. The van der Waals surface area contributed by atoms with Gasteiger partial charge in [-0.3, -0.25) is 10.1 Å². The van der Waals surface area contributed by atoms with Crippen LogP contribution >= 0.6 is 0 Å². The van der Waals surface area contributed by atoms with Crippen LogP contribution in [-0.2, 0) is 20.9 Å². The molecular weight excluding hydrogens is 630 g/mol. The van der Waals surface area contributed by atoms with E-state index in [9.17, 15) is 19.5 Å². The molecule has 49 heavy (non-hydrogen) atoms. The maximum absolute atomic E-state index is 12.6. The first-order chi connectivity index (χ1) is 23.6. The number of aromatic nitrogens is 2. The van der Waals surface area contributed by atoms with Crippen LogP contribution in [0.3, 0.4) is 0 Å². The molecule has 0 spiro atoms. The lowest BCUT2D eigenvalue weighted by Crippen LogP contribution is -2.47. The number of fused-ring (bicyclic) bond motifs is 2. The zero-order valence-corrected chi connectivity index (χ0v) is 27.7. The molecule has 0 fully saturated rings. The summed E-state index contributed by atoms with van der Waals surface area (Å²) < 4.78 is 5.79. The molecule has 0 saturated carbocycles. The van der Waals surface area contributed by atoms with Crippen molar-refractivity contribution < 1.29 is 34.4 Å². The Kier molecular flexibility index (Phi) is 13.2.